The molecule has 0 aliphatic carbocycles. The van der Waals surface area contributed by atoms with E-state index in [9.17, 15) is 4.79 Å². The number of carbonyl (C=O) groups excluding carboxylic acids is 1. The molecule has 1 heterocycles. The normalized spacial score (nSPS) is 21.7. The maximum Gasteiger partial charge on any atom is 0.339 e. The lowest BCUT2D eigenvalue weighted by Crippen LogP contribution is -2.24. The van der Waals surface area contributed by atoms with Gasteiger partial charge in [0.05, 0.1) is 10.4 Å². The Morgan fingerprint density at radius 3 is 2.53 bits per heavy atom. The molecule has 0 amide bonds. The van der Waals surface area contributed by atoms with E-state index in [0.29, 0.717) is 5.56 Å². The number of esters is 1. The van der Waals surface area contributed by atoms with Crippen LogP contribution in [-0.2, 0) is 4.74 Å². The number of carbonyl (C=O) groups is 1. The number of rotatable bonds is 1. The molecule has 0 fully saturated rings. The van der Waals surface area contributed by atoms with E-state index in [4.69, 9.17) is 4.74 Å². The van der Waals surface area contributed by atoms with Gasteiger partial charge in [0.2, 0.25) is 0 Å². The SMILES string of the molecule is Cc1cccc2c1C(Br)C(c1ccccc1)OC2=O. The standard InChI is InChI=1S/C16H13BrO2/c1-10-6-5-9-12-13(10)14(17)15(19-16(12)18)11-7-3-2-4-8-11/h2-9,14-15H,1H3. The number of alkyl halides is 1. The van der Waals surface area contributed by atoms with E-state index in [1.54, 1.807) is 0 Å². The topological polar surface area (TPSA) is 26.3 Å². The average molecular weight is 317 g/mol. The van der Waals surface area contributed by atoms with Gasteiger partial charge in [-0.25, -0.2) is 4.79 Å². The van der Waals surface area contributed by atoms with Crippen molar-refractivity contribution in [3.63, 3.8) is 0 Å². The van der Waals surface area contributed by atoms with Crippen molar-refractivity contribution in [1.29, 1.82) is 0 Å². The second-order valence-electron chi connectivity index (χ2n) is 4.67. The Morgan fingerprint density at radius 2 is 1.79 bits per heavy atom. The van der Waals surface area contributed by atoms with Gasteiger partial charge >= 0.3 is 5.97 Å². The number of hydrogen-bond donors (Lipinski definition) is 0. The highest BCUT2D eigenvalue weighted by Gasteiger charge is 2.35. The molecule has 0 aromatic heterocycles. The van der Waals surface area contributed by atoms with Gasteiger partial charge < -0.3 is 4.74 Å². The summed E-state index contributed by atoms with van der Waals surface area (Å²) in [5.41, 5.74) is 3.81. The summed E-state index contributed by atoms with van der Waals surface area (Å²) in [6.45, 7) is 2.02. The van der Waals surface area contributed by atoms with Crippen molar-refractivity contribution < 1.29 is 9.53 Å². The Kier molecular flexibility index (Phi) is 3.15. The smallest absolute Gasteiger partial charge is 0.339 e. The average Bonchev–Trinajstić information content (AvgIpc) is 2.43. The predicted molar refractivity (Wildman–Crippen MR) is 77.4 cm³/mol. The molecule has 0 saturated carbocycles. The van der Waals surface area contributed by atoms with Crippen molar-refractivity contribution in [1.82, 2.24) is 0 Å². The maximum absolute atomic E-state index is 12.1. The lowest BCUT2D eigenvalue weighted by atomic mass is 9.91. The summed E-state index contributed by atoms with van der Waals surface area (Å²) in [5.74, 6) is -0.247. The number of hydrogen-bond acceptors (Lipinski definition) is 2. The van der Waals surface area contributed by atoms with Crippen LogP contribution in [-0.4, -0.2) is 5.97 Å². The zero-order valence-electron chi connectivity index (χ0n) is 10.5. The Hall–Kier alpha value is -1.61. The van der Waals surface area contributed by atoms with Crippen LogP contribution in [0, 0.1) is 6.92 Å². The van der Waals surface area contributed by atoms with Gasteiger partial charge in [-0.05, 0) is 29.7 Å². The molecule has 1 aliphatic heterocycles. The molecule has 0 radical (unpaired) electrons. The van der Waals surface area contributed by atoms with Gasteiger partial charge in [0.15, 0.2) is 0 Å². The van der Waals surface area contributed by atoms with Crippen LogP contribution in [0.5, 0.6) is 0 Å². The van der Waals surface area contributed by atoms with E-state index >= 15 is 0 Å². The highest BCUT2D eigenvalue weighted by atomic mass is 79.9. The van der Waals surface area contributed by atoms with Crippen LogP contribution in [0.25, 0.3) is 0 Å². The molecule has 2 aromatic rings. The Labute approximate surface area is 120 Å². The molecule has 0 saturated heterocycles. The first-order valence-electron chi connectivity index (χ1n) is 6.18. The molecule has 3 heteroatoms. The van der Waals surface area contributed by atoms with Crippen LogP contribution in [0.15, 0.2) is 48.5 Å². The number of ether oxygens (including phenoxy) is 1. The summed E-state index contributed by atoms with van der Waals surface area (Å²) < 4.78 is 5.58. The van der Waals surface area contributed by atoms with Crippen LogP contribution < -0.4 is 0 Å². The van der Waals surface area contributed by atoms with E-state index in [2.05, 4.69) is 15.9 Å². The second kappa shape index (κ2) is 4.82. The van der Waals surface area contributed by atoms with Crippen molar-refractivity contribution in [3.05, 3.63) is 70.8 Å². The molecule has 2 aromatic carbocycles. The number of cyclic esters (lactones) is 1. The van der Waals surface area contributed by atoms with Crippen LogP contribution in [0.4, 0.5) is 0 Å². The number of aryl methyl sites for hydroxylation is 1. The molecule has 0 N–H and O–H groups in total. The molecule has 0 bridgehead atoms. The minimum absolute atomic E-state index is 0.0104. The van der Waals surface area contributed by atoms with Crippen LogP contribution in [0.3, 0.4) is 0 Å². The quantitative estimate of drug-likeness (QED) is 0.577. The Balaban J connectivity index is 2.10. The fraction of sp³-hybridized carbons (Fsp3) is 0.188. The summed E-state index contributed by atoms with van der Waals surface area (Å²) in [6, 6.07) is 15.6. The van der Waals surface area contributed by atoms with Gasteiger partial charge in [0, 0.05) is 0 Å². The van der Waals surface area contributed by atoms with Crippen LogP contribution >= 0.6 is 15.9 Å². The second-order valence-corrected chi connectivity index (χ2v) is 5.66. The molecule has 0 spiro atoms. The minimum Gasteiger partial charge on any atom is -0.452 e. The van der Waals surface area contributed by atoms with Crippen molar-refractivity contribution in [2.45, 2.75) is 17.9 Å². The van der Waals surface area contributed by atoms with Crippen molar-refractivity contribution >= 4 is 21.9 Å². The highest BCUT2D eigenvalue weighted by molar-refractivity contribution is 9.09. The van der Waals surface area contributed by atoms with Crippen molar-refractivity contribution in [2.24, 2.45) is 0 Å². The third-order valence-electron chi connectivity index (χ3n) is 3.45. The molecule has 1 aliphatic rings. The lowest BCUT2D eigenvalue weighted by Gasteiger charge is -2.31. The minimum atomic E-state index is -0.276. The Bertz CT molecular complexity index is 622. The summed E-state index contributed by atoms with van der Waals surface area (Å²) in [5, 5.41) is 0. The van der Waals surface area contributed by atoms with Crippen LogP contribution in [0.2, 0.25) is 0 Å². The lowest BCUT2D eigenvalue weighted by molar-refractivity contribution is 0.0248. The zero-order chi connectivity index (χ0) is 13.4. The van der Waals surface area contributed by atoms with Gasteiger partial charge in [-0.15, -0.1) is 0 Å². The third kappa shape index (κ3) is 2.08. The molecule has 96 valence electrons. The predicted octanol–water partition coefficient (Wildman–Crippen LogP) is 4.34. The molecule has 19 heavy (non-hydrogen) atoms. The summed E-state index contributed by atoms with van der Waals surface area (Å²) >= 11 is 3.69. The molecular weight excluding hydrogens is 304 g/mol. The first-order chi connectivity index (χ1) is 9.18. The fourth-order valence-corrected chi connectivity index (χ4v) is 3.52. The number of fused-ring (bicyclic) bond motifs is 1. The summed E-state index contributed by atoms with van der Waals surface area (Å²) in [7, 11) is 0. The summed E-state index contributed by atoms with van der Waals surface area (Å²) in [6.07, 6.45) is -0.276. The first kappa shape index (κ1) is 12.4. The number of benzene rings is 2. The van der Waals surface area contributed by atoms with E-state index in [1.165, 1.54) is 0 Å². The van der Waals surface area contributed by atoms with Gasteiger partial charge in [0.1, 0.15) is 6.10 Å². The van der Waals surface area contributed by atoms with E-state index in [0.717, 1.165) is 16.7 Å². The van der Waals surface area contributed by atoms with E-state index in [1.807, 2.05) is 55.5 Å². The zero-order valence-corrected chi connectivity index (χ0v) is 12.1. The molecule has 2 unspecified atom stereocenters. The number of halogens is 1. The van der Waals surface area contributed by atoms with E-state index < -0.39 is 0 Å². The Morgan fingerprint density at radius 1 is 1.05 bits per heavy atom. The maximum atomic E-state index is 12.1. The largest absolute Gasteiger partial charge is 0.452 e. The van der Waals surface area contributed by atoms with Gasteiger partial charge in [-0.3, -0.25) is 0 Å². The van der Waals surface area contributed by atoms with Crippen molar-refractivity contribution in [3.8, 4) is 0 Å². The molecule has 2 atom stereocenters. The first-order valence-corrected chi connectivity index (χ1v) is 7.09. The van der Waals surface area contributed by atoms with Crippen LogP contribution in [0.1, 0.15) is 38.0 Å². The molecule has 3 rings (SSSR count). The fourth-order valence-electron chi connectivity index (χ4n) is 2.49. The van der Waals surface area contributed by atoms with Gasteiger partial charge in [-0.1, -0.05) is 58.4 Å². The van der Waals surface area contributed by atoms with Crippen molar-refractivity contribution in [2.75, 3.05) is 0 Å². The highest BCUT2D eigenvalue weighted by Crippen LogP contribution is 2.45. The van der Waals surface area contributed by atoms with E-state index in [-0.39, 0.29) is 16.9 Å². The monoisotopic (exact) mass is 316 g/mol. The van der Waals surface area contributed by atoms with Gasteiger partial charge in [-0.2, -0.15) is 0 Å². The molecule has 2 nitrogen and oxygen atoms in total. The molecular formula is C16H13BrO2. The summed E-state index contributed by atoms with van der Waals surface area (Å²) in [4.78, 5) is 12.1. The third-order valence-corrected chi connectivity index (χ3v) is 4.39. The van der Waals surface area contributed by atoms with Gasteiger partial charge in [0.25, 0.3) is 0 Å².